The number of aliphatic hydroxyl groups excluding tert-OH is 1. The Balaban J connectivity index is 2.03. The van der Waals surface area contributed by atoms with E-state index in [1.807, 2.05) is 0 Å². The lowest BCUT2D eigenvalue weighted by Crippen LogP contribution is -2.45. The zero-order chi connectivity index (χ0) is 11.4. The molecule has 2 fully saturated rings. The summed E-state index contributed by atoms with van der Waals surface area (Å²) in [5.41, 5.74) is 1.07. The van der Waals surface area contributed by atoms with E-state index in [4.69, 9.17) is 4.74 Å². The van der Waals surface area contributed by atoms with Gasteiger partial charge in [-0.25, -0.2) is 0 Å². The summed E-state index contributed by atoms with van der Waals surface area (Å²) in [6, 6.07) is 0. The van der Waals surface area contributed by atoms with Crippen LogP contribution in [-0.4, -0.2) is 22.9 Å². The first-order valence-corrected chi connectivity index (χ1v) is 6.59. The van der Waals surface area contributed by atoms with Crippen molar-refractivity contribution in [3.05, 3.63) is 11.6 Å². The Morgan fingerprint density at radius 3 is 2.81 bits per heavy atom. The number of ether oxygens (including phenoxy) is 1. The lowest BCUT2D eigenvalue weighted by molar-refractivity contribution is -0.0999. The van der Waals surface area contributed by atoms with Crippen molar-refractivity contribution in [1.29, 1.82) is 0 Å². The second-order valence-electron chi connectivity index (χ2n) is 6.24. The molecule has 90 valence electrons. The van der Waals surface area contributed by atoms with Crippen LogP contribution < -0.4 is 0 Å². The number of aliphatic hydroxyl groups is 1. The molecule has 0 aromatic carbocycles. The van der Waals surface area contributed by atoms with Gasteiger partial charge in [-0.05, 0) is 63.4 Å². The maximum Gasteiger partial charge on any atom is 0.0952 e. The minimum atomic E-state index is -0.0978. The molecule has 0 radical (unpaired) electrons. The van der Waals surface area contributed by atoms with E-state index in [0.29, 0.717) is 11.8 Å². The molecule has 1 heterocycles. The van der Waals surface area contributed by atoms with Crippen LogP contribution >= 0.6 is 0 Å². The van der Waals surface area contributed by atoms with Crippen molar-refractivity contribution in [1.82, 2.24) is 0 Å². The second kappa shape index (κ2) is 3.33. The molecular formula is C14H22O2. The molecule has 2 bridgehead atoms. The van der Waals surface area contributed by atoms with Crippen molar-refractivity contribution in [2.45, 2.75) is 57.2 Å². The standard InChI is InChI=1S/C14H22O2/c1-13(2)11-7-6-10-4-3-5-12(9-15)14(10,8-11)16-13/h5,10-11,15H,3-4,6-9H2,1-2H3/t10?,11-,14-/m1/s1. The van der Waals surface area contributed by atoms with Crippen molar-refractivity contribution in [2.24, 2.45) is 11.8 Å². The van der Waals surface area contributed by atoms with Crippen molar-refractivity contribution in [3.63, 3.8) is 0 Å². The maximum absolute atomic E-state index is 9.57. The first kappa shape index (κ1) is 10.8. The molecule has 0 amide bonds. The fourth-order valence-electron chi connectivity index (χ4n) is 4.21. The molecule has 3 atom stereocenters. The van der Waals surface area contributed by atoms with Crippen LogP contribution in [-0.2, 0) is 4.74 Å². The number of hydrogen-bond donors (Lipinski definition) is 1. The Hall–Kier alpha value is -0.340. The van der Waals surface area contributed by atoms with Gasteiger partial charge in [0.2, 0.25) is 0 Å². The molecule has 1 saturated carbocycles. The highest BCUT2D eigenvalue weighted by Gasteiger charge is 2.59. The average molecular weight is 222 g/mol. The molecule has 0 aromatic heterocycles. The number of hydrogen-bond acceptors (Lipinski definition) is 2. The molecule has 3 aliphatic rings. The average Bonchev–Trinajstić information content (AvgIpc) is 2.45. The second-order valence-corrected chi connectivity index (χ2v) is 6.24. The molecule has 2 aliphatic carbocycles. The predicted octanol–water partition coefficient (Wildman–Crippen LogP) is 2.66. The monoisotopic (exact) mass is 222 g/mol. The largest absolute Gasteiger partial charge is 0.392 e. The van der Waals surface area contributed by atoms with Crippen molar-refractivity contribution >= 4 is 0 Å². The Bertz CT molecular complexity index is 332. The molecule has 16 heavy (non-hydrogen) atoms. The Labute approximate surface area is 97.7 Å². The minimum Gasteiger partial charge on any atom is -0.392 e. The third-order valence-corrected chi connectivity index (χ3v) is 5.12. The number of fused-ring (bicyclic) bond motifs is 1. The van der Waals surface area contributed by atoms with Crippen LogP contribution in [0.2, 0.25) is 0 Å². The third kappa shape index (κ3) is 1.26. The maximum atomic E-state index is 9.57. The fourth-order valence-corrected chi connectivity index (χ4v) is 4.21. The van der Waals surface area contributed by atoms with Gasteiger partial charge in [0.25, 0.3) is 0 Å². The SMILES string of the molecule is CC1(C)O[C@]23C[C@H]1CCC2CCC=C3CO. The molecule has 1 N–H and O–H groups in total. The van der Waals surface area contributed by atoms with E-state index < -0.39 is 0 Å². The van der Waals surface area contributed by atoms with Crippen LogP contribution in [0.4, 0.5) is 0 Å². The van der Waals surface area contributed by atoms with Crippen LogP contribution in [0.25, 0.3) is 0 Å². The highest BCUT2D eigenvalue weighted by molar-refractivity contribution is 5.28. The summed E-state index contributed by atoms with van der Waals surface area (Å²) in [5, 5.41) is 9.57. The van der Waals surface area contributed by atoms with Crippen molar-refractivity contribution in [3.8, 4) is 0 Å². The molecule has 0 aromatic rings. The zero-order valence-corrected chi connectivity index (χ0v) is 10.3. The molecule has 1 unspecified atom stereocenters. The van der Waals surface area contributed by atoms with E-state index in [9.17, 15) is 5.11 Å². The number of rotatable bonds is 1. The quantitative estimate of drug-likeness (QED) is 0.691. The van der Waals surface area contributed by atoms with E-state index in [1.54, 1.807) is 0 Å². The zero-order valence-electron chi connectivity index (χ0n) is 10.3. The summed E-state index contributed by atoms with van der Waals surface area (Å²) in [6.45, 7) is 4.62. The van der Waals surface area contributed by atoms with Gasteiger partial charge in [-0.1, -0.05) is 6.08 Å². The van der Waals surface area contributed by atoms with Gasteiger partial charge in [0.15, 0.2) is 0 Å². The molecule has 1 saturated heterocycles. The first-order chi connectivity index (χ1) is 7.58. The van der Waals surface area contributed by atoms with Crippen LogP contribution in [0.5, 0.6) is 0 Å². The predicted molar refractivity (Wildman–Crippen MR) is 63.1 cm³/mol. The van der Waals surface area contributed by atoms with E-state index >= 15 is 0 Å². The van der Waals surface area contributed by atoms with Gasteiger partial charge in [-0.3, -0.25) is 0 Å². The lowest BCUT2D eigenvalue weighted by Gasteiger charge is -2.44. The highest BCUT2D eigenvalue weighted by atomic mass is 16.5. The van der Waals surface area contributed by atoms with Crippen LogP contribution in [0.15, 0.2) is 11.6 Å². The molecule has 3 rings (SSSR count). The smallest absolute Gasteiger partial charge is 0.0952 e. The topological polar surface area (TPSA) is 29.5 Å². The minimum absolute atomic E-state index is 0.000347. The summed E-state index contributed by atoms with van der Waals surface area (Å²) in [4.78, 5) is 0. The Morgan fingerprint density at radius 2 is 2.06 bits per heavy atom. The molecular weight excluding hydrogens is 200 g/mol. The van der Waals surface area contributed by atoms with Gasteiger partial charge < -0.3 is 9.84 Å². The van der Waals surface area contributed by atoms with E-state index in [1.165, 1.54) is 24.8 Å². The lowest BCUT2D eigenvalue weighted by atomic mass is 9.64. The summed E-state index contributed by atoms with van der Waals surface area (Å²) < 4.78 is 6.44. The fraction of sp³-hybridized carbons (Fsp3) is 0.857. The molecule has 2 heteroatoms. The van der Waals surface area contributed by atoms with Gasteiger partial charge in [0.1, 0.15) is 0 Å². The van der Waals surface area contributed by atoms with Crippen molar-refractivity contribution < 1.29 is 9.84 Å². The normalized spacial score (nSPS) is 45.1. The van der Waals surface area contributed by atoms with Gasteiger partial charge >= 0.3 is 0 Å². The van der Waals surface area contributed by atoms with Crippen LogP contribution in [0.3, 0.4) is 0 Å². The van der Waals surface area contributed by atoms with Gasteiger partial charge in [-0.15, -0.1) is 0 Å². The van der Waals surface area contributed by atoms with Crippen LogP contribution in [0.1, 0.15) is 46.0 Å². The van der Waals surface area contributed by atoms with Crippen molar-refractivity contribution in [2.75, 3.05) is 6.61 Å². The molecule has 1 aliphatic heterocycles. The molecule has 2 nitrogen and oxygen atoms in total. The Kier molecular flexibility index (Phi) is 2.25. The summed E-state index contributed by atoms with van der Waals surface area (Å²) >= 11 is 0. The summed E-state index contributed by atoms with van der Waals surface area (Å²) in [6.07, 6.45) is 8.31. The van der Waals surface area contributed by atoms with E-state index in [2.05, 4.69) is 19.9 Å². The van der Waals surface area contributed by atoms with Gasteiger partial charge in [0.05, 0.1) is 17.8 Å². The highest BCUT2D eigenvalue weighted by Crippen LogP contribution is 2.58. The van der Waals surface area contributed by atoms with E-state index in [0.717, 1.165) is 12.8 Å². The summed E-state index contributed by atoms with van der Waals surface area (Å²) in [5.74, 6) is 1.33. The van der Waals surface area contributed by atoms with Crippen LogP contribution in [0, 0.1) is 11.8 Å². The third-order valence-electron chi connectivity index (χ3n) is 5.12. The Morgan fingerprint density at radius 1 is 1.31 bits per heavy atom. The first-order valence-electron chi connectivity index (χ1n) is 6.59. The van der Waals surface area contributed by atoms with Gasteiger partial charge in [-0.2, -0.15) is 0 Å². The van der Waals surface area contributed by atoms with E-state index in [-0.39, 0.29) is 17.8 Å². The summed E-state index contributed by atoms with van der Waals surface area (Å²) in [7, 11) is 0. The van der Waals surface area contributed by atoms with Gasteiger partial charge in [0, 0.05) is 0 Å². The molecule has 1 spiro atoms. The number of allylic oxidation sites excluding steroid dienone is 1.